The third kappa shape index (κ3) is 2.17. The van der Waals surface area contributed by atoms with Crippen molar-refractivity contribution in [3.63, 3.8) is 0 Å². The Kier molecular flexibility index (Phi) is 3.24. The van der Waals surface area contributed by atoms with Crippen LogP contribution >= 0.6 is 0 Å². The molecule has 8 heteroatoms. The maximum absolute atomic E-state index is 12.6. The van der Waals surface area contributed by atoms with Gasteiger partial charge in [-0.2, -0.15) is 21.6 Å². The van der Waals surface area contributed by atoms with Gasteiger partial charge in [0.2, 0.25) is 0 Å². The zero-order chi connectivity index (χ0) is 13.4. The SMILES string of the molecule is O=S(=O)(N1CCNCc2ccccc21)C(F)(F)F. The molecule has 0 aromatic heterocycles. The van der Waals surface area contributed by atoms with E-state index >= 15 is 0 Å². The number of hydrogen-bond donors (Lipinski definition) is 1. The number of fused-ring (bicyclic) bond motifs is 1. The van der Waals surface area contributed by atoms with Crippen molar-refractivity contribution in [2.45, 2.75) is 12.1 Å². The van der Waals surface area contributed by atoms with Crippen LogP contribution in [0.1, 0.15) is 5.56 Å². The van der Waals surface area contributed by atoms with Gasteiger partial charge in [0, 0.05) is 19.6 Å². The summed E-state index contributed by atoms with van der Waals surface area (Å²) in [6.45, 7) is 0.281. The molecule has 100 valence electrons. The summed E-state index contributed by atoms with van der Waals surface area (Å²) in [6.07, 6.45) is 0. The van der Waals surface area contributed by atoms with Crippen molar-refractivity contribution in [1.82, 2.24) is 5.32 Å². The van der Waals surface area contributed by atoms with Crippen LogP contribution in [0.2, 0.25) is 0 Å². The summed E-state index contributed by atoms with van der Waals surface area (Å²) in [7, 11) is -5.34. The van der Waals surface area contributed by atoms with Crippen LogP contribution in [0.15, 0.2) is 24.3 Å². The Morgan fingerprint density at radius 1 is 1.22 bits per heavy atom. The molecule has 0 bridgehead atoms. The van der Waals surface area contributed by atoms with Crippen LogP contribution in [0.5, 0.6) is 0 Å². The van der Waals surface area contributed by atoms with Gasteiger partial charge in [0.05, 0.1) is 5.69 Å². The van der Waals surface area contributed by atoms with E-state index in [0.29, 0.717) is 16.4 Å². The van der Waals surface area contributed by atoms with Crippen LogP contribution in [0, 0.1) is 0 Å². The number of benzene rings is 1. The predicted molar refractivity (Wildman–Crippen MR) is 60.5 cm³/mol. The largest absolute Gasteiger partial charge is 0.516 e. The van der Waals surface area contributed by atoms with E-state index in [0.717, 1.165) is 0 Å². The minimum atomic E-state index is -5.34. The number of nitrogens with one attached hydrogen (secondary N) is 1. The van der Waals surface area contributed by atoms with Crippen molar-refractivity contribution >= 4 is 15.7 Å². The van der Waals surface area contributed by atoms with Gasteiger partial charge < -0.3 is 5.32 Å². The highest BCUT2D eigenvalue weighted by Crippen LogP contribution is 2.33. The lowest BCUT2D eigenvalue weighted by Crippen LogP contribution is -2.42. The summed E-state index contributed by atoms with van der Waals surface area (Å²) in [4.78, 5) is 0. The quantitative estimate of drug-likeness (QED) is 0.847. The van der Waals surface area contributed by atoms with E-state index in [1.54, 1.807) is 12.1 Å². The highest BCUT2D eigenvalue weighted by atomic mass is 32.2. The maximum atomic E-state index is 12.6. The van der Waals surface area contributed by atoms with Crippen molar-refractivity contribution in [3.8, 4) is 0 Å². The molecule has 1 aromatic carbocycles. The first-order chi connectivity index (χ1) is 8.34. The van der Waals surface area contributed by atoms with E-state index in [4.69, 9.17) is 0 Å². The summed E-state index contributed by atoms with van der Waals surface area (Å²) in [5.41, 5.74) is -4.67. The lowest BCUT2D eigenvalue weighted by Gasteiger charge is -2.24. The van der Waals surface area contributed by atoms with E-state index < -0.39 is 15.5 Å². The number of para-hydroxylation sites is 1. The van der Waals surface area contributed by atoms with Crippen LogP contribution in [0.4, 0.5) is 18.9 Å². The van der Waals surface area contributed by atoms with Crippen molar-refractivity contribution in [1.29, 1.82) is 0 Å². The fraction of sp³-hybridized carbons (Fsp3) is 0.400. The molecular weight excluding hydrogens is 269 g/mol. The van der Waals surface area contributed by atoms with Gasteiger partial charge >= 0.3 is 15.5 Å². The Hall–Kier alpha value is -1.28. The number of hydrogen-bond acceptors (Lipinski definition) is 3. The molecule has 0 amide bonds. The molecular formula is C10H11F3N2O2S. The highest BCUT2D eigenvalue weighted by molar-refractivity contribution is 7.93. The van der Waals surface area contributed by atoms with Crippen molar-refractivity contribution < 1.29 is 21.6 Å². The zero-order valence-electron chi connectivity index (χ0n) is 9.24. The Bertz CT molecular complexity index is 542. The molecule has 18 heavy (non-hydrogen) atoms. The highest BCUT2D eigenvalue weighted by Gasteiger charge is 2.50. The lowest BCUT2D eigenvalue weighted by atomic mass is 10.2. The van der Waals surface area contributed by atoms with Crippen molar-refractivity contribution in [2.24, 2.45) is 0 Å². The number of anilines is 1. The molecule has 1 aliphatic heterocycles. The molecule has 0 radical (unpaired) electrons. The minimum Gasteiger partial charge on any atom is -0.311 e. The summed E-state index contributed by atoms with van der Waals surface area (Å²) in [5.74, 6) is 0. The molecule has 0 atom stereocenters. The van der Waals surface area contributed by atoms with Gasteiger partial charge in [-0.25, -0.2) is 0 Å². The van der Waals surface area contributed by atoms with Gasteiger partial charge in [-0.3, -0.25) is 4.31 Å². The number of rotatable bonds is 1. The normalized spacial score (nSPS) is 17.2. The van der Waals surface area contributed by atoms with Gasteiger partial charge in [0.15, 0.2) is 0 Å². The van der Waals surface area contributed by atoms with E-state index in [1.165, 1.54) is 12.1 Å². The molecule has 0 unspecified atom stereocenters. The fourth-order valence-electron chi connectivity index (χ4n) is 1.80. The zero-order valence-corrected chi connectivity index (χ0v) is 10.1. The molecule has 0 fully saturated rings. The van der Waals surface area contributed by atoms with Crippen LogP contribution in [-0.2, 0) is 16.6 Å². The Balaban J connectivity index is 2.53. The smallest absolute Gasteiger partial charge is 0.311 e. The van der Waals surface area contributed by atoms with Crippen LogP contribution in [0.3, 0.4) is 0 Å². The Labute approximate surface area is 102 Å². The Morgan fingerprint density at radius 2 is 1.89 bits per heavy atom. The number of halogens is 3. The van der Waals surface area contributed by atoms with Crippen LogP contribution in [-0.4, -0.2) is 27.0 Å². The topological polar surface area (TPSA) is 49.4 Å². The van der Waals surface area contributed by atoms with E-state index in [1.807, 2.05) is 0 Å². The van der Waals surface area contributed by atoms with Crippen LogP contribution in [0.25, 0.3) is 0 Å². The summed E-state index contributed by atoms with van der Waals surface area (Å²) >= 11 is 0. The van der Waals surface area contributed by atoms with Gasteiger partial charge in [0.1, 0.15) is 0 Å². The molecule has 0 saturated carbocycles. The Morgan fingerprint density at radius 3 is 2.56 bits per heavy atom. The van der Waals surface area contributed by atoms with E-state index in [-0.39, 0.29) is 18.8 Å². The monoisotopic (exact) mass is 280 g/mol. The summed E-state index contributed by atoms with van der Waals surface area (Å²) < 4.78 is 61.2. The molecule has 0 saturated heterocycles. The van der Waals surface area contributed by atoms with Crippen LogP contribution < -0.4 is 9.62 Å². The van der Waals surface area contributed by atoms with Gasteiger partial charge in [0.25, 0.3) is 0 Å². The average Bonchev–Trinajstić information content (AvgIpc) is 2.49. The number of nitrogens with zero attached hydrogens (tertiary/aromatic N) is 1. The molecule has 4 nitrogen and oxygen atoms in total. The first kappa shape index (κ1) is 13.2. The summed E-state index contributed by atoms with van der Waals surface area (Å²) in [5, 5.41) is 2.88. The molecule has 1 aromatic rings. The molecule has 0 spiro atoms. The first-order valence-electron chi connectivity index (χ1n) is 5.21. The average molecular weight is 280 g/mol. The van der Waals surface area contributed by atoms with Gasteiger partial charge in [-0.05, 0) is 11.6 Å². The molecule has 1 heterocycles. The lowest BCUT2D eigenvalue weighted by molar-refractivity contribution is -0.0438. The third-order valence-corrected chi connectivity index (χ3v) is 4.19. The first-order valence-corrected chi connectivity index (χ1v) is 6.65. The second kappa shape index (κ2) is 4.43. The molecule has 2 rings (SSSR count). The molecule has 1 aliphatic rings. The number of alkyl halides is 3. The standard InChI is InChI=1S/C10H11F3N2O2S/c11-10(12,13)18(16,17)15-6-5-14-7-8-3-1-2-4-9(8)15/h1-4,14H,5-7H2. The molecule has 1 N–H and O–H groups in total. The van der Waals surface area contributed by atoms with E-state index in [2.05, 4.69) is 5.32 Å². The maximum Gasteiger partial charge on any atom is 0.516 e. The number of sulfonamides is 1. The summed E-state index contributed by atoms with van der Waals surface area (Å²) in [6, 6.07) is 6.16. The fourth-order valence-corrected chi connectivity index (χ4v) is 2.82. The second-order valence-corrected chi connectivity index (χ2v) is 5.68. The van der Waals surface area contributed by atoms with Crippen molar-refractivity contribution in [2.75, 3.05) is 17.4 Å². The van der Waals surface area contributed by atoms with Gasteiger partial charge in [-0.15, -0.1) is 0 Å². The van der Waals surface area contributed by atoms with Gasteiger partial charge in [-0.1, -0.05) is 18.2 Å². The molecule has 0 aliphatic carbocycles. The predicted octanol–water partition coefficient (Wildman–Crippen LogP) is 1.45. The third-order valence-electron chi connectivity index (χ3n) is 2.65. The second-order valence-electron chi connectivity index (χ2n) is 3.83. The van der Waals surface area contributed by atoms with Crippen molar-refractivity contribution in [3.05, 3.63) is 29.8 Å². The minimum absolute atomic E-state index is 0.0832. The van der Waals surface area contributed by atoms with E-state index in [9.17, 15) is 21.6 Å².